The van der Waals surface area contributed by atoms with Crippen molar-refractivity contribution < 1.29 is 4.79 Å². The third-order valence-corrected chi connectivity index (χ3v) is 4.81. The fraction of sp³-hybridized carbons (Fsp3) is 0. The second kappa shape index (κ2) is 7.29. The molecule has 0 aliphatic heterocycles. The third kappa shape index (κ3) is 3.38. The van der Waals surface area contributed by atoms with Crippen molar-refractivity contribution in [3.8, 4) is 22.5 Å². The van der Waals surface area contributed by atoms with Gasteiger partial charge in [-0.05, 0) is 17.0 Å². The number of thiophene rings is 1. The number of carbonyl (C=O) groups excluding carboxylic acids is 1. The Balaban J connectivity index is 1.54. The highest BCUT2D eigenvalue weighted by atomic mass is 32.1. The van der Waals surface area contributed by atoms with Gasteiger partial charge in [0.2, 0.25) is 0 Å². The molecule has 0 saturated carbocycles. The third-order valence-electron chi connectivity index (χ3n) is 3.90. The standard InChI is InChI=1S/C21H15N3OS/c25-21(19-18(11-12-26-19)15-7-3-1-4-8-15)24-17-13-22-20(23-14-17)16-9-5-2-6-10-16/h1-14H,(H,24,25). The predicted molar refractivity (Wildman–Crippen MR) is 105 cm³/mol. The lowest BCUT2D eigenvalue weighted by Gasteiger charge is -2.07. The van der Waals surface area contributed by atoms with E-state index < -0.39 is 0 Å². The van der Waals surface area contributed by atoms with Crippen molar-refractivity contribution in [2.45, 2.75) is 0 Å². The van der Waals surface area contributed by atoms with E-state index in [1.807, 2.05) is 72.1 Å². The van der Waals surface area contributed by atoms with Crippen LogP contribution in [0.15, 0.2) is 84.5 Å². The minimum absolute atomic E-state index is 0.157. The molecule has 0 fully saturated rings. The van der Waals surface area contributed by atoms with Crippen LogP contribution < -0.4 is 5.32 Å². The van der Waals surface area contributed by atoms with E-state index in [2.05, 4.69) is 15.3 Å². The van der Waals surface area contributed by atoms with E-state index in [9.17, 15) is 4.79 Å². The van der Waals surface area contributed by atoms with Gasteiger partial charge in [0.25, 0.3) is 5.91 Å². The van der Waals surface area contributed by atoms with Gasteiger partial charge in [-0.15, -0.1) is 11.3 Å². The number of nitrogens with zero attached hydrogens (tertiary/aromatic N) is 2. The fourth-order valence-electron chi connectivity index (χ4n) is 2.65. The van der Waals surface area contributed by atoms with Crippen LogP contribution in [0.2, 0.25) is 0 Å². The van der Waals surface area contributed by atoms with Crippen molar-refractivity contribution in [2.75, 3.05) is 5.32 Å². The summed E-state index contributed by atoms with van der Waals surface area (Å²) in [6.45, 7) is 0. The van der Waals surface area contributed by atoms with Gasteiger partial charge in [0.1, 0.15) is 0 Å². The zero-order valence-corrected chi connectivity index (χ0v) is 14.6. The zero-order valence-electron chi connectivity index (χ0n) is 13.8. The van der Waals surface area contributed by atoms with Gasteiger partial charge >= 0.3 is 0 Å². The molecule has 5 heteroatoms. The van der Waals surface area contributed by atoms with Gasteiger partial charge in [-0.3, -0.25) is 4.79 Å². The van der Waals surface area contributed by atoms with Crippen LogP contribution in [0.3, 0.4) is 0 Å². The topological polar surface area (TPSA) is 54.9 Å². The number of carbonyl (C=O) groups is 1. The first kappa shape index (κ1) is 16.2. The maximum absolute atomic E-state index is 12.7. The summed E-state index contributed by atoms with van der Waals surface area (Å²) in [5.74, 6) is 0.472. The molecule has 1 N–H and O–H groups in total. The highest BCUT2D eigenvalue weighted by molar-refractivity contribution is 7.12. The Kier molecular flexibility index (Phi) is 4.53. The number of hydrogen-bond donors (Lipinski definition) is 1. The van der Waals surface area contributed by atoms with Crippen molar-refractivity contribution in [1.29, 1.82) is 0 Å². The Labute approximate surface area is 155 Å². The van der Waals surface area contributed by atoms with E-state index in [1.54, 1.807) is 12.4 Å². The molecule has 2 aromatic heterocycles. The van der Waals surface area contributed by atoms with E-state index in [-0.39, 0.29) is 5.91 Å². The summed E-state index contributed by atoms with van der Waals surface area (Å²) in [7, 11) is 0. The summed E-state index contributed by atoms with van der Waals surface area (Å²) in [4.78, 5) is 22.0. The van der Waals surface area contributed by atoms with E-state index in [4.69, 9.17) is 0 Å². The Hall–Kier alpha value is -3.31. The molecule has 0 unspecified atom stereocenters. The number of nitrogens with one attached hydrogen (secondary N) is 1. The number of rotatable bonds is 4. The van der Waals surface area contributed by atoms with Crippen molar-refractivity contribution in [2.24, 2.45) is 0 Å². The van der Waals surface area contributed by atoms with Gasteiger partial charge in [-0.25, -0.2) is 9.97 Å². The summed E-state index contributed by atoms with van der Waals surface area (Å²) < 4.78 is 0. The molecule has 4 nitrogen and oxygen atoms in total. The zero-order chi connectivity index (χ0) is 17.8. The van der Waals surface area contributed by atoms with Crippen LogP contribution in [-0.4, -0.2) is 15.9 Å². The number of aromatic nitrogens is 2. The molecule has 1 amide bonds. The van der Waals surface area contributed by atoms with Crippen LogP contribution in [0.1, 0.15) is 9.67 Å². The molecular formula is C21H15N3OS. The first-order valence-corrected chi connectivity index (χ1v) is 9.01. The van der Waals surface area contributed by atoms with Crippen molar-refractivity contribution in [3.05, 3.63) is 89.4 Å². The molecule has 0 atom stereocenters. The smallest absolute Gasteiger partial charge is 0.266 e. The summed E-state index contributed by atoms with van der Waals surface area (Å²) in [6, 6.07) is 21.6. The van der Waals surface area contributed by atoms with E-state index in [1.165, 1.54) is 11.3 Å². The summed E-state index contributed by atoms with van der Waals surface area (Å²) in [5, 5.41) is 4.80. The molecule has 0 aliphatic carbocycles. The number of anilines is 1. The highest BCUT2D eigenvalue weighted by Crippen LogP contribution is 2.28. The number of hydrogen-bond acceptors (Lipinski definition) is 4. The molecule has 0 saturated heterocycles. The quantitative estimate of drug-likeness (QED) is 0.551. The van der Waals surface area contributed by atoms with Crippen LogP contribution in [0.5, 0.6) is 0 Å². The normalized spacial score (nSPS) is 10.5. The van der Waals surface area contributed by atoms with Gasteiger partial charge in [0, 0.05) is 11.1 Å². The Morgan fingerprint density at radius 2 is 1.42 bits per heavy atom. The monoisotopic (exact) mass is 357 g/mol. The summed E-state index contributed by atoms with van der Waals surface area (Å²) in [6.07, 6.45) is 3.26. The Morgan fingerprint density at radius 1 is 0.808 bits per heavy atom. The summed E-state index contributed by atoms with van der Waals surface area (Å²) in [5.41, 5.74) is 3.46. The Bertz CT molecular complexity index is 1010. The Morgan fingerprint density at radius 3 is 2.08 bits per heavy atom. The molecular weight excluding hydrogens is 342 g/mol. The largest absolute Gasteiger partial charge is 0.319 e. The van der Waals surface area contributed by atoms with E-state index in [0.29, 0.717) is 16.4 Å². The average molecular weight is 357 g/mol. The van der Waals surface area contributed by atoms with Gasteiger partial charge < -0.3 is 5.32 Å². The average Bonchev–Trinajstić information content (AvgIpc) is 3.20. The molecule has 126 valence electrons. The first-order chi connectivity index (χ1) is 12.8. The number of amides is 1. The number of benzene rings is 2. The van der Waals surface area contributed by atoms with Crippen LogP contribution in [-0.2, 0) is 0 Å². The molecule has 0 bridgehead atoms. The van der Waals surface area contributed by atoms with Gasteiger partial charge in [0.15, 0.2) is 5.82 Å². The molecule has 4 aromatic rings. The molecule has 0 aliphatic rings. The molecule has 26 heavy (non-hydrogen) atoms. The fourth-order valence-corrected chi connectivity index (χ4v) is 3.46. The van der Waals surface area contributed by atoms with Crippen LogP contribution >= 0.6 is 11.3 Å². The minimum Gasteiger partial charge on any atom is -0.319 e. The lowest BCUT2D eigenvalue weighted by atomic mass is 10.1. The van der Waals surface area contributed by atoms with Gasteiger partial charge in [0.05, 0.1) is 23.0 Å². The predicted octanol–water partition coefficient (Wildman–Crippen LogP) is 5.12. The summed E-state index contributed by atoms with van der Waals surface area (Å²) >= 11 is 1.42. The van der Waals surface area contributed by atoms with E-state index in [0.717, 1.165) is 16.7 Å². The van der Waals surface area contributed by atoms with Crippen molar-refractivity contribution >= 4 is 22.9 Å². The molecule has 0 radical (unpaired) electrons. The molecule has 4 rings (SSSR count). The second-order valence-corrected chi connectivity index (χ2v) is 6.56. The van der Waals surface area contributed by atoms with Crippen LogP contribution in [0.4, 0.5) is 5.69 Å². The minimum atomic E-state index is -0.157. The maximum Gasteiger partial charge on any atom is 0.266 e. The van der Waals surface area contributed by atoms with Crippen LogP contribution in [0, 0.1) is 0 Å². The molecule has 2 aromatic carbocycles. The van der Waals surface area contributed by atoms with Gasteiger partial charge in [-0.2, -0.15) is 0 Å². The van der Waals surface area contributed by atoms with Crippen molar-refractivity contribution in [3.63, 3.8) is 0 Å². The van der Waals surface area contributed by atoms with Gasteiger partial charge in [-0.1, -0.05) is 60.7 Å². The highest BCUT2D eigenvalue weighted by Gasteiger charge is 2.15. The van der Waals surface area contributed by atoms with E-state index >= 15 is 0 Å². The SMILES string of the molecule is O=C(Nc1cnc(-c2ccccc2)nc1)c1sccc1-c1ccccc1. The first-order valence-electron chi connectivity index (χ1n) is 8.13. The molecule has 2 heterocycles. The molecule has 0 spiro atoms. The van der Waals surface area contributed by atoms with Crippen LogP contribution in [0.25, 0.3) is 22.5 Å². The lowest BCUT2D eigenvalue weighted by molar-refractivity contribution is 0.103. The lowest BCUT2D eigenvalue weighted by Crippen LogP contribution is -2.11. The second-order valence-electron chi connectivity index (χ2n) is 5.64. The maximum atomic E-state index is 12.7. The van der Waals surface area contributed by atoms with Crippen molar-refractivity contribution in [1.82, 2.24) is 9.97 Å².